The Morgan fingerprint density at radius 1 is 1.12 bits per heavy atom. The van der Waals surface area contributed by atoms with Crippen molar-refractivity contribution in [3.05, 3.63) is 99.5 Å². The number of benzene rings is 1. The molecule has 8 nitrogen and oxygen atoms in total. The first-order valence-electron chi connectivity index (χ1n) is 13.2. The molecule has 3 aromatic heterocycles. The minimum Gasteiger partial charge on any atom is -0.383 e. The molecule has 1 aliphatic rings. The van der Waals surface area contributed by atoms with Gasteiger partial charge in [0.05, 0.1) is 41.2 Å². The van der Waals surface area contributed by atoms with E-state index < -0.39 is 23.6 Å². The Kier molecular flexibility index (Phi) is 7.99. The highest BCUT2D eigenvalue weighted by atomic mass is 19.4. The lowest BCUT2D eigenvalue weighted by Crippen LogP contribution is -2.60. The number of piperazine rings is 1. The number of hydrogen-bond donors (Lipinski definition) is 0. The molecule has 3 atom stereocenters. The van der Waals surface area contributed by atoms with Crippen LogP contribution in [0.25, 0.3) is 11.0 Å². The molecule has 1 saturated heterocycles. The van der Waals surface area contributed by atoms with Crippen LogP contribution in [0.1, 0.15) is 35.5 Å². The van der Waals surface area contributed by atoms with Crippen LogP contribution in [-0.2, 0) is 18.0 Å². The van der Waals surface area contributed by atoms with Crippen molar-refractivity contribution in [3.8, 4) is 6.07 Å². The van der Waals surface area contributed by atoms with Crippen molar-refractivity contribution in [1.29, 1.82) is 5.26 Å². The van der Waals surface area contributed by atoms with E-state index in [1.807, 2.05) is 17.9 Å². The number of nitriles is 1. The van der Waals surface area contributed by atoms with Crippen LogP contribution in [0.2, 0.25) is 0 Å². The molecule has 1 fully saturated rings. The topological polar surface area (TPSA) is 87.3 Å². The number of fused-ring (bicyclic) bond motifs is 1. The molecule has 12 heteroatoms. The first-order chi connectivity index (χ1) is 20.0. The van der Waals surface area contributed by atoms with E-state index in [9.17, 15) is 27.6 Å². The van der Waals surface area contributed by atoms with E-state index in [4.69, 9.17) is 4.74 Å². The van der Waals surface area contributed by atoms with Gasteiger partial charge < -0.3 is 14.2 Å². The van der Waals surface area contributed by atoms with Crippen LogP contribution < -0.4 is 10.5 Å². The maximum atomic E-state index is 13.9. The Bertz CT molecular complexity index is 1680. The summed E-state index contributed by atoms with van der Waals surface area (Å²) in [6.07, 6.45) is -3.73. The number of methoxy groups -OCH3 is 1. The highest BCUT2D eigenvalue weighted by molar-refractivity contribution is 5.89. The third kappa shape index (κ3) is 5.57. The van der Waals surface area contributed by atoms with Crippen molar-refractivity contribution < 1.29 is 22.3 Å². The molecular formula is C30H28F4N6O2. The smallest absolute Gasteiger partial charge is 0.383 e. The minimum absolute atomic E-state index is 0.210. The number of hydrogen-bond acceptors (Lipinski definition) is 7. The number of halogens is 4. The molecule has 0 saturated carbocycles. The largest absolute Gasteiger partial charge is 0.417 e. The Balaban J connectivity index is 1.59. The lowest BCUT2D eigenvalue weighted by molar-refractivity contribution is -0.137. The first kappa shape index (κ1) is 29.2. The molecule has 0 N–H and O–H groups in total. The van der Waals surface area contributed by atoms with Gasteiger partial charge in [-0.05, 0) is 48.9 Å². The predicted molar refractivity (Wildman–Crippen MR) is 148 cm³/mol. The van der Waals surface area contributed by atoms with Gasteiger partial charge in [-0.15, -0.1) is 0 Å². The fourth-order valence-electron chi connectivity index (χ4n) is 5.56. The second-order valence-corrected chi connectivity index (χ2v) is 10.3. The van der Waals surface area contributed by atoms with E-state index in [1.165, 1.54) is 28.8 Å². The van der Waals surface area contributed by atoms with Gasteiger partial charge in [0.25, 0.3) is 5.56 Å². The third-order valence-electron chi connectivity index (χ3n) is 7.65. The second-order valence-electron chi connectivity index (χ2n) is 10.3. The standard InChI is InChI=1S/C30H28F4N6O2/c1-18-15-40(29(19-4-7-21(31)8-5-19)24-10-6-20(14-36-24)30(32,33)34)23(17-42-3)16-39(18)26-12-27(41)38(2)25-11-9-22(13-35)37-28(25)26/h4-12,14,18,23,29H,15-17H2,1-3H3/t18-,23-,29?/m0/s1. The summed E-state index contributed by atoms with van der Waals surface area (Å²) in [7, 11) is 3.19. The minimum atomic E-state index is -4.54. The Hall–Kier alpha value is -4.34. The second kappa shape index (κ2) is 11.5. The van der Waals surface area contributed by atoms with Gasteiger partial charge in [0.15, 0.2) is 0 Å². The number of aryl methyl sites for hydroxylation is 1. The molecule has 5 rings (SSSR count). The molecule has 1 aromatic carbocycles. The van der Waals surface area contributed by atoms with Crippen molar-refractivity contribution in [2.75, 3.05) is 31.7 Å². The summed E-state index contributed by atoms with van der Waals surface area (Å²) >= 11 is 0. The van der Waals surface area contributed by atoms with E-state index in [0.717, 1.165) is 12.3 Å². The Labute approximate surface area is 239 Å². The number of alkyl halides is 3. The Morgan fingerprint density at radius 3 is 2.48 bits per heavy atom. The summed E-state index contributed by atoms with van der Waals surface area (Å²) in [5.74, 6) is -0.439. The van der Waals surface area contributed by atoms with Gasteiger partial charge in [-0.2, -0.15) is 18.4 Å². The molecule has 0 radical (unpaired) electrons. The fraction of sp³-hybridized carbons (Fsp3) is 0.333. The summed E-state index contributed by atoms with van der Waals surface area (Å²) in [6.45, 7) is 2.98. The van der Waals surface area contributed by atoms with E-state index in [1.54, 1.807) is 38.4 Å². The highest BCUT2D eigenvalue weighted by Crippen LogP contribution is 2.37. The lowest BCUT2D eigenvalue weighted by Gasteiger charge is -2.49. The Morgan fingerprint density at radius 2 is 1.86 bits per heavy atom. The van der Waals surface area contributed by atoms with Crippen molar-refractivity contribution in [3.63, 3.8) is 0 Å². The lowest BCUT2D eigenvalue weighted by atomic mass is 9.95. The molecular weight excluding hydrogens is 552 g/mol. The quantitative estimate of drug-likeness (QED) is 0.306. The normalized spacial score (nSPS) is 18.7. The van der Waals surface area contributed by atoms with E-state index in [2.05, 4.69) is 14.9 Å². The zero-order chi connectivity index (χ0) is 30.2. The van der Waals surface area contributed by atoms with Crippen LogP contribution in [0.3, 0.4) is 0 Å². The van der Waals surface area contributed by atoms with Gasteiger partial charge in [0, 0.05) is 45.6 Å². The van der Waals surface area contributed by atoms with Crippen LogP contribution >= 0.6 is 0 Å². The summed E-state index contributed by atoms with van der Waals surface area (Å²) in [5, 5.41) is 9.47. The van der Waals surface area contributed by atoms with Gasteiger partial charge in [-0.25, -0.2) is 9.37 Å². The maximum Gasteiger partial charge on any atom is 0.417 e. The summed E-state index contributed by atoms with van der Waals surface area (Å²) in [4.78, 5) is 25.8. The average molecular weight is 581 g/mol. The molecule has 0 spiro atoms. The first-order valence-corrected chi connectivity index (χ1v) is 13.2. The molecule has 4 heterocycles. The fourth-order valence-corrected chi connectivity index (χ4v) is 5.56. The molecule has 42 heavy (non-hydrogen) atoms. The maximum absolute atomic E-state index is 13.9. The van der Waals surface area contributed by atoms with Gasteiger partial charge in [0.2, 0.25) is 0 Å². The van der Waals surface area contributed by atoms with Crippen LogP contribution in [0.4, 0.5) is 23.2 Å². The van der Waals surface area contributed by atoms with Crippen LogP contribution in [0, 0.1) is 17.1 Å². The number of aromatic nitrogens is 3. The molecule has 4 aromatic rings. The SMILES string of the molecule is COC[C@@H]1CN(c2cc(=O)n(C)c3ccc(C#N)nc23)[C@@H](C)CN1C(c1ccc(F)cc1)c1ccc(C(F)(F)F)cn1. The molecule has 1 aliphatic heterocycles. The molecule has 218 valence electrons. The molecule has 1 unspecified atom stereocenters. The zero-order valence-electron chi connectivity index (χ0n) is 23.1. The zero-order valence-corrected chi connectivity index (χ0v) is 23.1. The molecule has 0 aliphatic carbocycles. The van der Waals surface area contributed by atoms with Crippen molar-refractivity contribution in [2.24, 2.45) is 7.05 Å². The summed E-state index contributed by atoms with van der Waals surface area (Å²) in [5.41, 5.74) is 1.80. The molecule has 0 bridgehead atoms. The van der Waals surface area contributed by atoms with E-state index in [-0.39, 0.29) is 29.9 Å². The third-order valence-corrected chi connectivity index (χ3v) is 7.65. The number of anilines is 1. The average Bonchev–Trinajstić information content (AvgIpc) is 2.97. The number of rotatable bonds is 6. The number of ether oxygens (including phenoxy) is 1. The van der Waals surface area contributed by atoms with Crippen molar-refractivity contribution in [1.82, 2.24) is 19.4 Å². The number of nitrogens with zero attached hydrogens (tertiary/aromatic N) is 6. The monoisotopic (exact) mass is 580 g/mol. The van der Waals surface area contributed by atoms with Crippen molar-refractivity contribution >= 4 is 16.7 Å². The number of pyridine rings is 3. The summed E-state index contributed by atoms with van der Waals surface area (Å²) in [6, 6.07) is 13.8. The molecule has 0 amide bonds. The highest BCUT2D eigenvalue weighted by Gasteiger charge is 2.39. The summed E-state index contributed by atoms with van der Waals surface area (Å²) < 4.78 is 60.9. The van der Waals surface area contributed by atoms with Crippen LogP contribution in [-0.4, -0.2) is 58.3 Å². The van der Waals surface area contributed by atoms with Crippen LogP contribution in [0.15, 0.2) is 65.6 Å². The predicted octanol–water partition coefficient (Wildman–Crippen LogP) is 4.67. The van der Waals surface area contributed by atoms with Gasteiger partial charge in [-0.3, -0.25) is 14.7 Å². The van der Waals surface area contributed by atoms with Gasteiger partial charge in [0.1, 0.15) is 23.1 Å². The van der Waals surface area contributed by atoms with E-state index in [0.29, 0.717) is 41.1 Å². The van der Waals surface area contributed by atoms with Gasteiger partial charge in [-0.1, -0.05) is 12.1 Å². The van der Waals surface area contributed by atoms with Gasteiger partial charge >= 0.3 is 6.18 Å². The van der Waals surface area contributed by atoms with Crippen molar-refractivity contribution in [2.45, 2.75) is 31.2 Å². The van der Waals surface area contributed by atoms with Crippen LogP contribution in [0.5, 0.6) is 0 Å². The van der Waals surface area contributed by atoms with E-state index >= 15 is 0 Å².